The lowest BCUT2D eigenvalue weighted by Crippen LogP contribution is -2.35. The van der Waals surface area contributed by atoms with Crippen molar-refractivity contribution in [2.45, 2.75) is 50.1 Å². The molecule has 2 aromatic carbocycles. The highest BCUT2D eigenvalue weighted by Gasteiger charge is 2.41. The van der Waals surface area contributed by atoms with Gasteiger partial charge < -0.3 is 29.5 Å². The maximum absolute atomic E-state index is 10.6. The van der Waals surface area contributed by atoms with Crippen molar-refractivity contribution in [3.05, 3.63) is 66.8 Å². The molecule has 0 radical (unpaired) electrons. The van der Waals surface area contributed by atoms with Gasteiger partial charge in [0.15, 0.2) is 0 Å². The van der Waals surface area contributed by atoms with Crippen molar-refractivity contribution in [2.24, 2.45) is 11.8 Å². The van der Waals surface area contributed by atoms with Gasteiger partial charge in [0.05, 0.1) is 25.4 Å². The second kappa shape index (κ2) is 11.8. The van der Waals surface area contributed by atoms with Gasteiger partial charge >= 0.3 is 5.97 Å². The molecule has 0 spiro atoms. The van der Waals surface area contributed by atoms with Crippen LogP contribution in [0.5, 0.6) is 5.75 Å². The van der Waals surface area contributed by atoms with Gasteiger partial charge in [0.1, 0.15) is 12.4 Å². The maximum atomic E-state index is 10.6. The molecule has 1 aliphatic carbocycles. The van der Waals surface area contributed by atoms with Crippen LogP contribution < -0.4 is 4.74 Å². The number of carboxylic acids is 1. The summed E-state index contributed by atoms with van der Waals surface area (Å²) < 4.78 is 17.9. The summed E-state index contributed by atoms with van der Waals surface area (Å²) in [5.74, 6) is -1.52. The van der Waals surface area contributed by atoms with Crippen molar-refractivity contribution in [1.29, 1.82) is 0 Å². The minimum atomic E-state index is -1.05. The van der Waals surface area contributed by atoms with E-state index in [-0.39, 0.29) is 24.9 Å². The van der Waals surface area contributed by atoms with E-state index in [1.54, 1.807) is 0 Å². The molecule has 1 saturated carbocycles. The van der Waals surface area contributed by atoms with Crippen LogP contribution in [-0.4, -0.2) is 59.1 Å². The Kier molecular flexibility index (Phi) is 8.57. The van der Waals surface area contributed by atoms with Crippen LogP contribution in [0.25, 0.3) is 10.8 Å². The van der Waals surface area contributed by atoms with Gasteiger partial charge in [0.2, 0.25) is 5.79 Å². The summed E-state index contributed by atoms with van der Waals surface area (Å²) in [6.07, 6.45) is 8.66. The molecular weight excluding hydrogens is 448 g/mol. The molecular formula is C28H34O7. The van der Waals surface area contributed by atoms with E-state index in [1.165, 1.54) is 0 Å². The fourth-order valence-electron chi connectivity index (χ4n) is 4.85. The van der Waals surface area contributed by atoms with Gasteiger partial charge in [-0.3, -0.25) is 4.79 Å². The summed E-state index contributed by atoms with van der Waals surface area (Å²) in [6.45, 7) is 1.06. The molecule has 7 nitrogen and oxygen atoms in total. The van der Waals surface area contributed by atoms with Gasteiger partial charge in [-0.1, -0.05) is 48.6 Å². The minimum absolute atomic E-state index is 0.142. The Morgan fingerprint density at radius 3 is 2.60 bits per heavy atom. The zero-order valence-electron chi connectivity index (χ0n) is 19.8. The Bertz CT molecular complexity index is 1040. The minimum Gasteiger partial charge on any atom is -0.488 e. The molecule has 35 heavy (non-hydrogen) atoms. The van der Waals surface area contributed by atoms with Crippen LogP contribution in [0.15, 0.2) is 66.8 Å². The van der Waals surface area contributed by atoms with Crippen LogP contribution in [0.3, 0.4) is 0 Å². The highest BCUT2D eigenvalue weighted by Crippen LogP contribution is 2.37. The van der Waals surface area contributed by atoms with Gasteiger partial charge in [-0.25, -0.2) is 0 Å². The second-order valence-electron chi connectivity index (χ2n) is 9.27. The fraction of sp³-hybridized carbons (Fsp3) is 0.464. The molecule has 1 saturated heterocycles. The monoisotopic (exact) mass is 482 g/mol. The molecule has 188 valence electrons. The number of ether oxygens (including phenoxy) is 3. The first-order valence-electron chi connectivity index (χ1n) is 12.3. The number of unbranched alkanes of at least 4 members (excludes halogenated alkanes) is 1. The lowest BCUT2D eigenvalue weighted by atomic mass is 9.89. The number of rotatable bonds is 11. The number of carbonyl (C=O) groups is 1. The van der Waals surface area contributed by atoms with Crippen molar-refractivity contribution >= 4 is 16.7 Å². The number of fused-ring (bicyclic) bond motifs is 1. The molecule has 2 fully saturated rings. The number of allylic oxidation sites excluding steroid dienone is 2. The first-order valence-corrected chi connectivity index (χ1v) is 12.3. The summed E-state index contributed by atoms with van der Waals surface area (Å²) >= 11 is 0. The molecule has 1 aliphatic heterocycles. The SMILES string of the molecule is O=C(O)CCC/C=C\C[C@@H]1[C@@H](/C=C/C2(COc3ccc4ccccc4c3)OCCO2)[C@H](O)C[C@@H]1O. The quantitative estimate of drug-likeness (QED) is 0.327. The first-order chi connectivity index (χ1) is 17.0. The largest absolute Gasteiger partial charge is 0.488 e. The van der Waals surface area contributed by atoms with Crippen LogP contribution in [0, 0.1) is 11.8 Å². The Balaban J connectivity index is 1.39. The zero-order valence-corrected chi connectivity index (χ0v) is 19.8. The van der Waals surface area contributed by atoms with Crippen LogP contribution in [0.1, 0.15) is 32.1 Å². The molecule has 7 heteroatoms. The summed E-state index contributed by atoms with van der Waals surface area (Å²) in [5, 5.41) is 32.1. The standard InChI is InChI=1S/C28H34O7/c29-25-18-26(30)24(23(25)9-3-1-2-4-10-27(31)32)13-14-28(34-15-16-35-28)19-33-22-12-11-20-7-5-6-8-21(20)17-22/h1,3,5-8,11-14,17,23-26,29-30H,2,4,9-10,15-16,18-19H2,(H,31,32)/b3-1-,14-13+/t23-,24-,25+,26-/m1/s1. The average Bonchev–Trinajstić information content (AvgIpc) is 3.42. The van der Waals surface area contributed by atoms with E-state index in [0.717, 1.165) is 16.5 Å². The number of hydrogen-bond acceptors (Lipinski definition) is 6. The van der Waals surface area contributed by atoms with Crippen molar-refractivity contribution in [3.63, 3.8) is 0 Å². The Morgan fingerprint density at radius 2 is 1.83 bits per heavy atom. The number of aliphatic carboxylic acids is 1. The number of aliphatic hydroxyl groups is 2. The number of benzene rings is 2. The van der Waals surface area contributed by atoms with E-state index in [1.807, 2.05) is 60.7 Å². The summed E-state index contributed by atoms with van der Waals surface area (Å²) in [4.78, 5) is 10.6. The van der Waals surface area contributed by atoms with Crippen LogP contribution >= 0.6 is 0 Å². The number of hydrogen-bond donors (Lipinski definition) is 3. The molecule has 1 heterocycles. The lowest BCUT2D eigenvalue weighted by Gasteiger charge is -2.26. The molecule has 4 rings (SSSR count). The van der Waals surface area contributed by atoms with E-state index < -0.39 is 24.0 Å². The molecule has 3 N–H and O–H groups in total. The van der Waals surface area contributed by atoms with Crippen LogP contribution in [-0.2, 0) is 14.3 Å². The van der Waals surface area contributed by atoms with Gasteiger partial charge in [-0.2, -0.15) is 0 Å². The molecule has 0 aromatic heterocycles. The molecule has 0 bridgehead atoms. The Labute approximate surface area is 205 Å². The van der Waals surface area contributed by atoms with Gasteiger partial charge in [0.25, 0.3) is 0 Å². The Morgan fingerprint density at radius 1 is 1.06 bits per heavy atom. The Hall–Kier alpha value is -2.71. The number of aliphatic hydroxyl groups excluding tert-OH is 2. The van der Waals surface area contributed by atoms with Crippen LogP contribution in [0.2, 0.25) is 0 Å². The van der Waals surface area contributed by atoms with Gasteiger partial charge in [-0.05, 0) is 54.2 Å². The van der Waals surface area contributed by atoms with Crippen molar-refractivity contribution in [1.82, 2.24) is 0 Å². The highest BCUT2D eigenvalue weighted by atomic mass is 16.8. The van der Waals surface area contributed by atoms with E-state index in [2.05, 4.69) is 6.07 Å². The van der Waals surface area contributed by atoms with Gasteiger partial charge in [0, 0.05) is 18.8 Å². The van der Waals surface area contributed by atoms with E-state index in [0.29, 0.717) is 38.9 Å². The van der Waals surface area contributed by atoms with Crippen LogP contribution in [0.4, 0.5) is 0 Å². The van der Waals surface area contributed by atoms with E-state index >= 15 is 0 Å². The van der Waals surface area contributed by atoms with Crippen molar-refractivity contribution in [3.8, 4) is 5.75 Å². The third kappa shape index (κ3) is 6.70. The van der Waals surface area contributed by atoms with Gasteiger partial charge in [-0.15, -0.1) is 0 Å². The molecule has 2 aliphatic rings. The van der Waals surface area contributed by atoms with Crippen molar-refractivity contribution in [2.75, 3.05) is 19.8 Å². The summed E-state index contributed by atoms with van der Waals surface area (Å²) in [7, 11) is 0. The second-order valence-corrected chi connectivity index (χ2v) is 9.27. The normalized spacial score (nSPS) is 26.2. The molecule has 2 aromatic rings. The topological polar surface area (TPSA) is 105 Å². The molecule has 0 unspecified atom stereocenters. The third-order valence-electron chi connectivity index (χ3n) is 6.76. The summed E-state index contributed by atoms with van der Waals surface area (Å²) in [6, 6.07) is 14.0. The molecule has 4 atom stereocenters. The van der Waals surface area contributed by atoms with Crippen molar-refractivity contribution < 1.29 is 34.3 Å². The number of carboxylic acid groups (broad SMARTS) is 1. The average molecular weight is 483 g/mol. The fourth-order valence-corrected chi connectivity index (χ4v) is 4.85. The smallest absolute Gasteiger partial charge is 0.303 e. The predicted molar refractivity (Wildman–Crippen MR) is 132 cm³/mol. The summed E-state index contributed by atoms with van der Waals surface area (Å²) in [5.41, 5.74) is 0. The highest BCUT2D eigenvalue weighted by molar-refractivity contribution is 5.83. The predicted octanol–water partition coefficient (Wildman–Crippen LogP) is 4.08. The zero-order chi connectivity index (χ0) is 24.7. The molecule has 0 amide bonds. The maximum Gasteiger partial charge on any atom is 0.303 e. The lowest BCUT2D eigenvalue weighted by molar-refractivity contribution is -0.139. The third-order valence-corrected chi connectivity index (χ3v) is 6.76. The van der Waals surface area contributed by atoms with E-state index in [4.69, 9.17) is 19.3 Å². The first kappa shape index (κ1) is 25.4. The van der Waals surface area contributed by atoms with E-state index in [9.17, 15) is 15.0 Å².